The second-order valence-electron chi connectivity index (χ2n) is 4.57. The van der Waals surface area contributed by atoms with E-state index >= 15 is 0 Å². The second kappa shape index (κ2) is 5.63. The number of rotatable bonds is 4. The highest BCUT2D eigenvalue weighted by Gasteiger charge is 2.17. The van der Waals surface area contributed by atoms with Crippen LogP contribution in [0, 0.1) is 11.3 Å². The SMILES string of the molecule is CCCOc1c(C#N)c(-n2cccn2)nc2ccccc12. The highest BCUT2D eigenvalue weighted by atomic mass is 16.5. The molecule has 0 unspecified atom stereocenters. The molecule has 0 aliphatic rings. The van der Waals surface area contributed by atoms with E-state index in [0.29, 0.717) is 23.7 Å². The van der Waals surface area contributed by atoms with Crippen LogP contribution in [0.5, 0.6) is 5.75 Å². The summed E-state index contributed by atoms with van der Waals surface area (Å²) in [7, 11) is 0. The highest BCUT2D eigenvalue weighted by molar-refractivity contribution is 5.89. The molecule has 2 aromatic heterocycles. The molecule has 0 spiro atoms. The summed E-state index contributed by atoms with van der Waals surface area (Å²) in [6, 6.07) is 11.7. The Labute approximate surface area is 122 Å². The fourth-order valence-corrected chi connectivity index (χ4v) is 2.18. The predicted molar refractivity (Wildman–Crippen MR) is 79.4 cm³/mol. The number of aromatic nitrogens is 3. The van der Waals surface area contributed by atoms with Gasteiger partial charge in [0, 0.05) is 17.8 Å². The maximum absolute atomic E-state index is 9.55. The average Bonchev–Trinajstić information content (AvgIpc) is 3.05. The maximum Gasteiger partial charge on any atom is 0.175 e. The van der Waals surface area contributed by atoms with E-state index in [-0.39, 0.29) is 0 Å². The minimum absolute atomic E-state index is 0.408. The number of nitriles is 1. The van der Waals surface area contributed by atoms with Crippen molar-refractivity contribution >= 4 is 10.9 Å². The maximum atomic E-state index is 9.55. The Bertz CT molecular complexity index is 803. The number of hydrogen-bond acceptors (Lipinski definition) is 4. The Kier molecular flexibility index (Phi) is 3.52. The molecule has 3 aromatic rings. The number of fused-ring (bicyclic) bond motifs is 1. The van der Waals surface area contributed by atoms with Crippen molar-refractivity contribution in [2.45, 2.75) is 13.3 Å². The van der Waals surface area contributed by atoms with E-state index in [1.165, 1.54) is 0 Å². The number of pyridine rings is 1. The summed E-state index contributed by atoms with van der Waals surface area (Å²) in [6.07, 6.45) is 4.30. The van der Waals surface area contributed by atoms with E-state index in [2.05, 4.69) is 16.2 Å². The zero-order valence-electron chi connectivity index (χ0n) is 11.7. The third kappa shape index (κ3) is 2.32. The lowest BCUT2D eigenvalue weighted by Crippen LogP contribution is -2.06. The van der Waals surface area contributed by atoms with Crippen molar-refractivity contribution < 1.29 is 4.74 Å². The van der Waals surface area contributed by atoms with Gasteiger partial charge < -0.3 is 4.74 Å². The molecule has 0 bridgehead atoms. The van der Waals surface area contributed by atoms with Crippen LogP contribution in [0.25, 0.3) is 16.7 Å². The van der Waals surface area contributed by atoms with Gasteiger partial charge in [0.2, 0.25) is 0 Å². The summed E-state index contributed by atoms with van der Waals surface area (Å²) < 4.78 is 7.41. The van der Waals surface area contributed by atoms with Gasteiger partial charge in [0.15, 0.2) is 5.82 Å². The molecule has 0 amide bonds. The first kappa shape index (κ1) is 13.1. The van der Waals surface area contributed by atoms with Gasteiger partial charge in [0.1, 0.15) is 17.4 Å². The van der Waals surface area contributed by atoms with Crippen molar-refractivity contribution in [3.05, 3.63) is 48.3 Å². The molecule has 0 radical (unpaired) electrons. The zero-order chi connectivity index (χ0) is 14.7. The monoisotopic (exact) mass is 278 g/mol. The molecule has 5 nitrogen and oxygen atoms in total. The topological polar surface area (TPSA) is 63.7 Å². The van der Waals surface area contributed by atoms with Gasteiger partial charge in [-0.25, -0.2) is 9.67 Å². The van der Waals surface area contributed by atoms with Crippen molar-refractivity contribution in [1.29, 1.82) is 5.26 Å². The summed E-state index contributed by atoms with van der Waals surface area (Å²) >= 11 is 0. The van der Waals surface area contributed by atoms with Gasteiger partial charge >= 0.3 is 0 Å². The van der Waals surface area contributed by atoms with Crippen LogP contribution in [-0.2, 0) is 0 Å². The smallest absolute Gasteiger partial charge is 0.175 e. The third-order valence-corrected chi connectivity index (χ3v) is 3.11. The molecule has 0 saturated heterocycles. The van der Waals surface area contributed by atoms with E-state index < -0.39 is 0 Å². The van der Waals surface area contributed by atoms with Crippen molar-refractivity contribution in [2.75, 3.05) is 6.61 Å². The third-order valence-electron chi connectivity index (χ3n) is 3.11. The summed E-state index contributed by atoms with van der Waals surface area (Å²) in [5.74, 6) is 1.07. The molecule has 0 atom stereocenters. The summed E-state index contributed by atoms with van der Waals surface area (Å²) in [4.78, 5) is 4.56. The highest BCUT2D eigenvalue weighted by Crippen LogP contribution is 2.32. The minimum atomic E-state index is 0.408. The molecule has 1 aromatic carbocycles. The molecule has 0 aliphatic heterocycles. The van der Waals surface area contributed by atoms with Crippen LogP contribution < -0.4 is 4.74 Å². The summed E-state index contributed by atoms with van der Waals surface area (Å²) in [5.41, 5.74) is 1.19. The first-order valence-corrected chi connectivity index (χ1v) is 6.80. The number of nitrogens with zero attached hydrogens (tertiary/aromatic N) is 4. The Hall–Kier alpha value is -2.87. The van der Waals surface area contributed by atoms with Gasteiger partial charge in [-0.05, 0) is 24.6 Å². The molecule has 2 heterocycles. The van der Waals surface area contributed by atoms with Gasteiger partial charge in [0.25, 0.3) is 0 Å². The largest absolute Gasteiger partial charge is 0.491 e. The van der Waals surface area contributed by atoms with Gasteiger partial charge in [-0.2, -0.15) is 10.4 Å². The standard InChI is InChI=1S/C16H14N4O/c1-2-10-21-15-12-6-3-4-7-14(12)19-16(13(15)11-17)20-9-5-8-18-20/h3-9H,2,10H2,1H3. The molecular weight excluding hydrogens is 264 g/mol. The van der Waals surface area contributed by atoms with Crippen molar-refractivity contribution in [3.8, 4) is 17.6 Å². The van der Waals surface area contributed by atoms with E-state index in [0.717, 1.165) is 17.3 Å². The van der Waals surface area contributed by atoms with Gasteiger partial charge in [0.05, 0.1) is 12.1 Å². The van der Waals surface area contributed by atoms with Crippen molar-refractivity contribution in [2.24, 2.45) is 0 Å². The average molecular weight is 278 g/mol. The Morgan fingerprint density at radius 2 is 2.14 bits per heavy atom. The van der Waals surface area contributed by atoms with E-state index in [4.69, 9.17) is 4.74 Å². The number of para-hydroxylation sites is 1. The quantitative estimate of drug-likeness (QED) is 0.735. The minimum Gasteiger partial charge on any atom is -0.491 e. The van der Waals surface area contributed by atoms with Gasteiger partial charge in [-0.1, -0.05) is 19.1 Å². The van der Waals surface area contributed by atoms with Crippen molar-refractivity contribution in [3.63, 3.8) is 0 Å². The molecule has 0 saturated carbocycles. The molecule has 21 heavy (non-hydrogen) atoms. The molecule has 0 N–H and O–H groups in total. The Balaban J connectivity index is 2.31. The number of hydrogen-bond donors (Lipinski definition) is 0. The fraction of sp³-hybridized carbons (Fsp3) is 0.188. The first-order valence-electron chi connectivity index (χ1n) is 6.80. The molecule has 3 rings (SSSR count). The number of ether oxygens (including phenoxy) is 1. The lowest BCUT2D eigenvalue weighted by molar-refractivity contribution is 0.320. The lowest BCUT2D eigenvalue weighted by atomic mass is 10.1. The van der Waals surface area contributed by atoms with Crippen LogP contribution in [-0.4, -0.2) is 21.4 Å². The normalized spacial score (nSPS) is 10.5. The Morgan fingerprint density at radius 3 is 2.86 bits per heavy atom. The summed E-state index contributed by atoms with van der Waals surface area (Å²) in [6.45, 7) is 2.59. The van der Waals surface area contributed by atoms with Crippen LogP contribution in [0.3, 0.4) is 0 Å². The predicted octanol–water partition coefficient (Wildman–Crippen LogP) is 3.08. The second-order valence-corrected chi connectivity index (χ2v) is 4.57. The lowest BCUT2D eigenvalue weighted by Gasteiger charge is -2.13. The summed E-state index contributed by atoms with van der Waals surface area (Å²) in [5, 5.41) is 14.6. The van der Waals surface area contributed by atoms with Crippen LogP contribution in [0.15, 0.2) is 42.7 Å². The Morgan fingerprint density at radius 1 is 1.29 bits per heavy atom. The van der Waals surface area contributed by atoms with Gasteiger partial charge in [-0.15, -0.1) is 0 Å². The van der Waals surface area contributed by atoms with E-state index in [1.54, 1.807) is 23.1 Å². The van der Waals surface area contributed by atoms with E-state index in [9.17, 15) is 5.26 Å². The molecular formula is C16H14N4O. The molecule has 5 heteroatoms. The fourth-order valence-electron chi connectivity index (χ4n) is 2.18. The molecule has 0 fully saturated rings. The molecule has 104 valence electrons. The van der Waals surface area contributed by atoms with Crippen molar-refractivity contribution in [1.82, 2.24) is 14.8 Å². The first-order chi connectivity index (χ1) is 10.3. The molecule has 0 aliphatic carbocycles. The van der Waals surface area contributed by atoms with E-state index in [1.807, 2.05) is 31.2 Å². The van der Waals surface area contributed by atoms with Gasteiger partial charge in [-0.3, -0.25) is 0 Å². The zero-order valence-corrected chi connectivity index (χ0v) is 11.7. The van der Waals surface area contributed by atoms with Crippen LogP contribution in [0.2, 0.25) is 0 Å². The number of benzene rings is 1. The van der Waals surface area contributed by atoms with Crippen LogP contribution >= 0.6 is 0 Å². The van der Waals surface area contributed by atoms with Crippen LogP contribution in [0.1, 0.15) is 18.9 Å². The van der Waals surface area contributed by atoms with Crippen LogP contribution in [0.4, 0.5) is 0 Å².